The molecule has 0 atom stereocenters. The molecule has 0 aliphatic carbocycles. The van der Waals surface area contributed by atoms with E-state index in [2.05, 4.69) is 4.98 Å². The number of hydrogen-bond donors (Lipinski definition) is 0. The normalized spacial score (nSPS) is 9.80. The van der Waals surface area contributed by atoms with E-state index in [1.807, 2.05) is 12.1 Å². The fourth-order valence-electron chi connectivity index (χ4n) is 0.493. The molecule has 1 rings (SSSR count). The minimum Gasteiger partial charge on any atom is -0.247 e. The van der Waals surface area contributed by atoms with Crippen LogP contribution in [0.25, 0.3) is 0 Å². The quantitative estimate of drug-likeness (QED) is 0.743. The first-order chi connectivity index (χ1) is 4.88. The number of pyridine rings is 1. The molecule has 1 aromatic rings. The predicted molar refractivity (Wildman–Crippen MR) is 47.7 cm³/mol. The van der Waals surface area contributed by atoms with Gasteiger partial charge in [-0.2, -0.15) is 0 Å². The van der Waals surface area contributed by atoms with Gasteiger partial charge in [0.2, 0.25) is 0 Å². The third-order valence-corrected chi connectivity index (χ3v) is 2.93. The SMILES string of the molecule is ClSc1cccnc1SCl. The number of nitrogens with zero attached hydrogens (tertiary/aromatic N) is 1. The summed E-state index contributed by atoms with van der Waals surface area (Å²) in [4.78, 5) is 4.89. The summed E-state index contributed by atoms with van der Waals surface area (Å²) in [6.07, 6.45) is 1.68. The largest absolute Gasteiger partial charge is 0.247 e. The highest BCUT2D eigenvalue weighted by molar-refractivity contribution is 8.23. The number of aromatic nitrogens is 1. The fraction of sp³-hybridized carbons (Fsp3) is 0. The van der Waals surface area contributed by atoms with Crippen molar-refractivity contribution in [2.24, 2.45) is 0 Å². The lowest BCUT2D eigenvalue weighted by molar-refractivity contribution is 1.04. The van der Waals surface area contributed by atoms with Gasteiger partial charge in [-0.15, -0.1) is 0 Å². The number of halogens is 2. The zero-order valence-electron chi connectivity index (χ0n) is 4.75. The van der Waals surface area contributed by atoms with Crippen molar-refractivity contribution in [3.05, 3.63) is 18.3 Å². The van der Waals surface area contributed by atoms with Crippen molar-refractivity contribution < 1.29 is 0 Å². The number of hydrogen-bond acceptors (Lipinski definition) is 3. The Hall–Kier alpha value is 0.430. The highest BCUT2D eigenvalue weighted by Crippen LogP contribution is 2.32. The molecule has 54 valence electrons. The second-order valence-corrected chi connectivity index (χ2v) is 3.52. The van der Waals surface area contributed by atoms with Gasteiger partial charge in [0.1, 0.15) is 5.03 Å². The van der Waals surface area contributed by atoms with Gasteiger partial charge in [0.05, 0.1) is 4.90 Å². The lowest BCUT2D eigenvalue weighted by atomic mass is 10.5. The van der Waals surface area contributed by atoms with E-state index in [4.69, 9.17) is 21.4 Å². The van der Waals surface area contributed by atoms with Crippen LogP contribution < -0.4 is 0 Å². The van der Waals surface area contributed by atoms with Crippen LogP contribution in [0.3, 0.4) is 0 Å². The monoisotopic (exact) mass is 211 g/mol. The first-order valence-electron chi connectivity index (χ1n) is 2.40. The molecule has 0 aliphatic heterocycles. The molecule has 0 bridgehead atoms. The predicted octanol–water partition coefficient (Wildman–Crippen LogP) is 3.57. The minimum absolute atomic E-state index is 0.754. The van der Waals surface area contributed by atoms with Gasteiger partial charge in [0.15, 0.2) is 0 Å². The Labute approximate surface area is 76.5 Å². The van der Waals surface area contributed by atoms with Gasteiger partial charge in [0, 0.05) is 17.2 Å². The second kappa shape index (κ2) is 4.34. The molecular weight excluding hydrogens is 209 g/mol. The van der Waals surface area contributed by atoms with Crippen LogP contribution in [0.1, 0.15) is 0 Å². The molecule has 5 heteroatoms. The molecule has 0 amide bonds. The molecule has 0 saturated carbocycles. The Morgan fingerprint density at radius 1 is 1.30 bits per heavy atom. The van der Waals surface area contributed by atoms with E-state index in [-0.39, 0.29) is 0 Å². The smallest absolute Gasteiger partial charge is 0.126 e. The zero-order valence-corrected chi connectivity index (χ0v) is 7.90. The van der Waals surface area contributed by atoms with Crippen LogP contribution in [0.2, 0.25) is 0 Å². The summed E-state index contributed by atoms with van der Waals surface area (Å²) in [5.74, 6) is 0. The summed E-state index contributed by atoms with van der Waals surface area (Å²) in [5.41, 5.74) is 0. The molecule has 0 aromatic carbocycles. The fourth-order valence-corrected chi connectivity index (χ4v) is 2.25. The summed E-state index contributed by atoms with van der Waals surface area (Å²) in [5, 5.41) is 0.754. The van der Waals surface area contributed by atoms with Crippen molar-refractivity contribution in [1.82, 2.24) is 4.98 Å². The van der Waals surface area contributed by atoms with E-state index in [1.165, 1.54) is 0 Å². The van der Waals surface area contributed by atoms with Crippen molar-refractivity contribution in [1.29, 1.82) is 0 Å². The summed E-state index contributed by atoms with van der Waals surface area (Å²) < 4.78 is 0. The Bertz CT molecular complexity index is 196. The van der Waals surface area contributed by atoms with Gasteiger partial charge in [-0.25, -0.2) is 4.98 Å². The highest BCUT2D eigenvalue weighted by atomic mass is 35.7. The molecule has 1 aromatic heterocycles. The summed E-state index contributed by atoms with van der Waals surface area (Å²) in [6.45, 7) is 0. The third-order valence-electron chi connectivity index (χ3n) is 0.892. The molecule has 0 fully saturated rings. The molecule has 1 heterocycles. The first kappa shape index (κ1) is 8.53. The van der Waals surface area contributed by atoms with Crippen molar-refractivity contribution in [3.8, 4) is 0 Å². The lowest BCUT2D eigenvalue weighted by Crippen LogP contribution is -1.77. The number of rotatable bonds is 2. The van der Waals surface area contributed by atoms with Gasteiger partial charge in [-0.3, -0.25) is 0 Å². The van der Waals surface area contributed by atoms with E-state index in [1.54, 1.807) is 6.20 Å². The molecule has 0 N–H and O–H groups in total. The average molecular weight is 212 g/mol. The molecule has 0 radical (unpaired) electrons. The van der Waals surface area contributed by atoms with Crippen molar-refractivity contribution in [2.45, 2.75) is 9.92 Å². The average Bonchev–Trinajstić information content (AvgIpc) is 2.04. The van der Waals surface area contributed by atoms with Crippen LogP contribution in [0.4, 0.5) is 0 Å². The van der Waals surface area contributed by atoms with Gasteiger partial charge in [-0.05, 0) is 44.5 Å². The molecule has 1 nitrogen and oxygen atoms in total. The molecule has 0 aliphatic rings. The summed E-state index contributed by atoms with van der Waals surface area (Å²) in [6, 6.07) is 3.69. The van der Waals surface area contributed by atoms with E-state index in [0.29, 0.717) is 0 Å². The van der Waals surface area contributed by atoms with Crippen LogP contribution in [-0.2, 0) is 0 Å². The third kappa shape index (κ3) is 1.95. The molecule has 0 unspecified atom stereocenters. The minimum atomic E-state index is 0.754. The summed E-state index contributed by atoms with van der Waals surface area (Å²) >= 11 is 0. The van der Waals surface area contributed by atoms with E-state index in [0.717, 1.165) is 31.9 Å². The van der Waals surface area contributed by atoms with E-state index < -0.39 is 0 Å². The zero-order chi connectivity index (χ0) is 7.40. The lowest BCUT2D eigenvalue weighted by Gasteiger charge is -1.96. The molecule has 0 saturated heterocycles. The Balaban J connectivity index is 2.96. The second-order valence-electron chi connectivity index (χ2n) is 1.46. The first-order valence-corrected chi connectivity index (χ1v) is 5.69. The van der Waals surface area contributed by atoms with Crippen molar-refractivity contribution in [3.63, 3.8) is 0 Å². The van der Waals surface area contributed by atoms with Crippen molar-refractivity contribution >= 4 is 43.3 Å². The highest BCUT2D eigenvalue weighted by Gasteiger charge is 2.00. The molecular formula is C5H3Cl2NS2. The maximum Gasteiger partial charge on any atom is 0.126 e. The van der Waals surface area contributed by atoms with Crippen molar-refractivity contribution in [2.75, 3.05) is 0 Å². The maximum absolute atomic E-state index is 5.52. The van der Waals surface area contributed by atoms with Crippen LogP contribution in [0.15, 0.2) is 28.3 Å². The topological polar surface area (TPSA) is 12.9 Å². The van der Waals surface area contributed by atoms with Crippen LogP contribution >= 0.6 is 43.3 Å². The van der Waals surface area contributed by atoms with Crippen LogP contribution in [0.5, 0.6) is 0 Å². The standard InChI is InChI=1S/C5H3Cl2NS2/c6-9-4-2-1-3-8-5(4)10-7/h1-3H. The Kier molecular flexibility index (Phi) is 3.70. The van der Waals surface area contributed by atoms with Gasteiger partial charge < -0.3 is 0 Å². The van der Waals surface area contributed by atoms with E-state index >= 15 is 0 Å². The Morgan fingerprint density at radius 2 is 2.10 bits per heavy atom. The molecule has 10 heavy (non-hydrogen) atoms. The summed E-state index contributed by atoms with van der Waals surface area (Å²) in [7, 11) is 13.2. The molecule has 0 spiro atoms. The van der Waals surface area contributed by atoms with Crippen LogP contribution in [-0.4, -0.2) is 4.98 Å². The van der Waals surface area contributed by atoms with E-state index in [9.17, 15) is 0 Å². The maximum atomic E-state index is 5.52. The van der Waals surface area contributed by atoms with Gasteiger partial charge in [0.25, 0.3) is 0 Å². The Morgan fingerprint density at radius 3 is 2.60 bits per heavy atom. The van der Waals surface area contributed by atoms with Gasteiger partial charge >= 0.3 is 0 Å². The van der Waals surface area contributed by atoms with Gasteiger partial charge in [-0.1, -0.05) is 0 Å². The van der Waals surface area contributed by atoms with Crippen LogP contribution in [0, 0.1) is 0 Å².